The highest BCUT2D eigenvalue weighted by Crippen LogP contribution is 2.32. The summed E-state index contributed by atoms with van der Waals surface area (Å²) in [6, 6.07) is 18.3. The van der Waals surface area contributed by atoms with Crippen molar-refractivity contribution in [3.63, 3.8) is 0 Å². The van der Waals surface area contributed by atoms with Crippen molar-refractivity contribution in [1.82, 2.24) is 0 Å². The zero-order valence-corrected chi connectivity index (χ0v) is 11.1. The predicted octanol–water partition coefficient (Wildman–Crippen LogP) is 5.38. The lowest BCUT2D eigenvalue weighted by Crippen LogP contribution is -1.96. The SMILES string of the molecule is CCCC(C)c1ccccc1Oc1ccccc1. The van der Waals surface area contributed by atoms with Crippen LogP contribution in [-0.4, -0.2) is 0 Å². The Balaban J connectivity index is 2.22. The summed E-state index contributed by atoms with van der Waals surface area (Å²) in [5.74, 6) is 2.41. The van der Waals surface area contributed by atoms with Crippen molar-refractivity contribution in [1.29, 1.82) is 0 Å². The maximum Gasteiger partial charge on any atom is 0.130 e. The van der Waals surface area contributed by atoms with Crippen LogP contribution in [0.25, 0.3) is 0 Å². The molecule has 0 aromatic heterocycles. The molecule has 0 radical (unpaired) electrons. The van der Waals surface area contributed by atoms with E-state index >= 15 is 0 Å². The molecule has 0 aliphatic rings. The summed E-state index contributed by atoms with van der Waals surface area (Å²) in [6.07, 6.45) is 2.38. The van der Waals surface area contributed by atoms with Gasteiger partial charge in [-0.3, -0.25) is 0 Å². The minimum absolute atomic E-state index is 0.537. The molecule has 0 N–H and O–H groups in total. The van der Waals surface area contributed by atoms with Gasteiger partial charge in [0.25, 0.3) is 0 Å². The fourth-order valence-electron chi connectivity index (χ4n) is 2.18. The molecule has 0 aliphatic heterocycles. The Hall–Kier alpha value is -1.76. The lowest BCUT2D eigenvalue weighted by atomic mass is 9.96. The van der Waals surface area contributed by atoms with E-state index in [1.165, 1.54) is 18.4 Å². The zero-order chi connectivity index (χ0) is 12.8. The summed E-state index contributed by atoms with van der Waals surface area (Å²) in [5.41, 5.74) is 1.29. The van der Waals surface area contributed by atoms with Crippen molar-refractivity contribution >= 4 is 0 Å². The number of hydrogen-bond donors (Lipinski definition) is 0. The second kappa shape index (κ2) is 6.25. The standard InChI is InChI=1S/C17H20O/c1-3-9-14(2)16-12-7-8-13-17(16)18-15-10-5-4-6-11-15/h4-8,10-14H,3,9H2,1-2H3. The lowest BCUT2D eigenvalue weighted by Gasteiger charge is -2.16. The molecule has 0 heterocycles. The molecule has 1 nitrogen and oxygen atoms in total. The molecule has 2 aromatic rings. The van der Waals surface area contributed by atoms with E-state index in [4.69, 9.17) is 4.74 Å². The van der Waals surface area contributed by atoms with Gasteiger partial charge >= 0.3 is 0 Å². The van der Waals surface area contributed by atoms with E-state index in [-0.39, 0.29) is 0 Å². The Labute approximate surface area is 109 Å². The molecule has 0 aliphatic carbocycles. The molecule has 1 atom stereocenters. The van der Waals surface area contributed by atoms with E-state index in [0.29, 0.717) is 5.92 Å². The van der Waals surface area contributed by atoms with Gasteiger partial charge in [0, 0.05) is 0 Å². The first kappa shape index (κ1) is 12.7. The summed E-state index contributed by atoms with van der Waals surface area (Å²) < 4.78 is 5.98. The quantitative estimate of drug-likeness (QED) is 0.681. The maximum absolute atomic E-state index is 5.98. The monoisotopic (exact) mass is 240 g/mol. The molecule has 0 saturated carbocycles. The Bertz CT molecular complexity index is 476. The van der Waals surface area contributed by atoms with Gasteiger partial charge in [-0.25, -0.2) is 0 Å². The second-order valence-electron chi connectivity index (χ2n) is 4.64. The summed E-state index contributed by atoms with van der Waals surface area (Å²) >= 11 is 0. The third kappa shape index (κ3) is 3.13. The van der Waals surface area contributed by atoms with E-state index in [2.05, 4.69) is 32.0 Å². The molecule has 1 unspecified atom stereocenters. The molecule has 0 saturated heterocycles. The van der Waals surface area contributed by atoms with Crippen LogP contribution in [0.2, 0.25) is 0 Å². The zero-order valence-electron chi connectivity index (χ0n) is 11.1. The second-order valence-corrected chi connectivity index (χ2v) is 4.64. The van der Waals surface area contributed by atoms with Gasteiger partial charge in [0.05, 0.1) is 0 Å². The van der Waals surface area contributed by atoms with Crippen LogP contribution < -0.4 is 4.74 Å². The average Bonchev–Trinajstić information content (AvgIpc) is 2.41. The summed E-state index contributed by atoms with van der Waals surface area (Å²) in [4.78, 5) is 0. The maximum atomic E-state index is 5.98. The Kier molecular flexibility index (Phi) is 4.40. The smallest absolute Gasteiger partial charge is 0.130 e. The van der Waals surface area contributed by atoms with Gasteiger partial charge in [-0.2, -0.15) is 0 Å². The molecule has 1 heteroatoms. The third-order valence-corrected chi connectivity index (χ3v) is 3.14. The lowest BCUT2D eigenvalue weighted by molar-refractivity contribution is 0.468. The fraction of sp³-hybridized carbons (Fsp3) is 0.294. The Morgan fingerprint density at radius 3 is 2.33 bits per heavy atom. The van der Waals surface area contributed by atoms with E-state index in [1.54, 1.807) is 0 Å². The fourth-order valence-corrected chi connectivity index (χ4v) is 2.18. The van der Waals surface area contributed by atoms with Gasteiger partial charge < -0.3 is 4.74 Å². The van der Waals surface area contributed by atoms with Crippen molar-refractivity contribution in [2.45, 2.75) is 32.6 Å². The first-order chi connectivity index (χ1) is 8.81. The summed E-state index contributed by atoms with van der Waals surface area (Å²) in [6.45, 7) is 4.48. The molecule has 0 spiro atoms. The highest BCUT2D eigenvalue weighted by Gasteiger charge is 2.10. The number of benzene rings is 2. The van der Waals surface area contributed by atoms with Crippen LogP contribution >= 0.6 is 0 Å². The highest BCUT2D eigenvalue weighted by molar-refractivity contribution is 5.39. The number of rotatable bonds is 5. The molecule has 0 bridgehead atoms. The van der Waals surface area contributed by atoms with Gasteiger partial charge in [-0.1, -0.05) is 56.7 Å². The molecule has 2 aromatic carbocycles. The Morgan fingerprint density at radius 1 is 0.944 bits per heavy atom. The topological polar surface area (TPSA) is 9.23 Å². The van der Waals surface area contributed by atoms with Crippen LogP contribution in [-0.2, 0) is 0 Å². The van der Waals surface area contributed by atoms with Crippen LogP contribution in [0.5, 0.6) is 11.5 Å². The molecule has 18 heavy (non-hydrogen) atoms. The van der Waals surface area contributed by atoms with Crippen molar-refractivity contribution in [2.24, 2.45) is 0 Å². The van der Waals surface area contributed by atoms with Gasteiger partial charge in [0.1, 0.15) is 11.5 Å². The van der Waals surface area contributed by atoms with Gasteiger partial charge in [-0.05, 0) is 36.1 Å². The normalized spacial score (nSPS) is 12.1. The molecular weight excluding hydrogens is 220 g/mol. The number of para-hydroxylation sites is 2. The first-order valence-corrected chi connectivity index (χ1v) is 6.63. The van der Waals surface area contributed by atoms with Crippen LogP contribution in [0.1, 0.15) is 38.2 Å². The number of ether oxygens (including phenoxy) is 1. The predicted molar refractivity (Wildman–Crippen MR) is 76.3 cm³/mol. The van der Waals surface area contributed by atoms with E-state index in [1.807, 2.05) is 36.4 Å². The van der Waals surface area contributed by atoms with E-state index in [0.717, 1.165) is 11.5 Å². The summed E-state index contributed by atoms with van der Waals surface area (Å²) in [5, 5.41) is 0. The van der Waals surface area contributed by atoms with Gasteiger partial charge in [-0.15, -0.1) is 0 Å². The van der Waals surface area contributed by atoms with Crippen LogP contribution in [0.15, 0.2) is 54.6 Å². The van der Waals surface area contributed by atoms with Crippen LogP contribution in [0, 0.1) is 0 Å². The minimum Gasteiger partial charge on any atom is -0.457 e. The molecular formula is C17H20O. The van der Waals surface area contributed by atoms with Gasteiger partial charge in [0.15, 0.2) is 0 Å². The largest absolute Gasteiger partial charge is 0.457 e. The van der Waals surface area contributed by atoms with Crippen molar-refractivity contribution in [3.8, 4) is 11.5 Å². The first-order valence-electron chi connectivity index (χ1n) is 6.63. The minimum atomic E-state index is 0.537. The van der Waals surface area contributed by atoms with Gasteiger partial charge in [0.2, 0.25) is 0 Å². The van der Waals surface area contributed by atoms with Crippen LogP contribution in [0.3, 0.4) is 0 Å². The molecule has 0 amide bonds. The van der Waals surface area contributed by atoms with E-state index < -0.39 is 0 Å². The van der Waals surface area contributed by atoms with Crippen molar-refractivity contribution in [2.75, 3.05) is 0 Å². The highest BCUT2D eigenvalue weighted by atomic mass is 16.5. The van der Waals surface area contributed by atoms with E-state index in [9.17, 15) is 0 Å². The van der Waals surface area contributed by atoms with Crippen molar-refractivity contribution in [3.05, 3.63) is 60.2 Å². The third-order valence-electron chi connectivity index (χ3n) is 3.14. The molecule has 0 fully saturated rings. The summed E-state index contributed by atoms with van der Waals surface area (Å²) in [7, 11) is 0. The number of hydrogen-bond acceptors (Lipinski definition) is 1. The van der Waals surface area contributed by atoms with Crippen LogP contribution in [0.4, 0.5) is 0 Å². The molecule has 94 valence electrons. The molecule has 2 rings (SSSR count). The average molecular weight is 240 g/mol. The van der Waals surface area contributed by atoms with Crippen molar-refractivity contribution < 1.29 is 4.74 Å². The Morgan fingerprint density at radius 2 is 1.61 bits per heavy atom.